The molecule has 0 radical (unpaired) electrons. The smallest absolute Gasteiger partial charge is 0.338 e. The van der Waals surface area contributed by atoms with Crippen LogP contribution in [0.2, 0.25) is 0 Å². The van der Waals surface area contributed by atoms with Gasteiger partial charge in [-0.2, -0.15) is 0 Å². The van der Waals surface area contributed by atoms with Crippen molar-refractivity contribution in [3.63, 3.8) is 0 Å². The Morgan fingerprint density at radius 3 is 2.31 bits per heavy atom. The van der Waals surface area contributed by atoms with Gasteiger partial charge in [0, 0.05) is 23.8 Å². The van der Waals surface area contributed by atoms with Gasteiger partial charge in [-0.05, 0) is 13.0 Å². The molecule has 0 aliphatic rings. The van der Waals surface area contributed by atoms with Crippen molar-refractivity contribution in [1.82, 2.24) is 5.16 Å². The summed E-state index contributed by atoms with van der Waals surface area (Å²) in [6.45, 7) is 1.50. The summed E-state index contributed by atoms with van der Waals surface area (Å²) in [5, 5.41) is 14.9. The van der Waals surface area contributed by atoms with Gasteiger partial charge in [0.15, 0.2) is 5.76 Å². The van der Waals surface area contributed by atoms with Crippen LogP contribution in [0.15, 0.2) is 59.1 Å². The number of benzene rings is 2. The van der Waals surface area contributed by atoms with Gasteiger partial charge < -0.3 is 14.0 Å². The van der Waals surface area contributed by atoms with Crippen LogP contribution in [-0.4, -0.2) is 28.6 Å². The largest absolute Gasteiger partial charge is 0.462 e. The molecule has 0 aliphatic heterocycles. The van der Waals surface area contributed by atoms with E-state index in [2.05, 4.69) is 5.16 Å². The van der Waals surface area contributed by atoms with E-state index in [1.54, 1.807) is 13.0 Å². The molecule has 3 aromatic rings. The van der Waals surface area contributed by atoms with Gasteiger partial charge in [0.1, 0.15) is 12.3 Å². The monoisotopic (exact) mass is 396 g/mol. The first-order chi connectivity index (χ1) is 14.0. The van der Waals surface area contributed by atoms with E-state index >= 15 is 0 Å². The van der Waals surface area contributed by atoms with Gasteiger partial charge in [0.25, 0.3) is 5.69 Å². The van der Waals surface area contributed by atoms with Gasteiger partial charge in [0.05, 0.1) is 22.7 Å². The molecule has 0 N–H and O–H groups in total. The minimum absolute atomic E-state index is 0.0945. The van der Waals surface area contributed by atoms with Gasteiger partial charge in [0.2, 0.25) is 0 Å². The zero-order valence-corrected chi connectivity index (χ0v) is 15.4. The number of nitro groups is 1. The van der Waals surface area contributed by atoms with Crippen LogP contribution in [0.3, 0.4) is 0 Å². The molecule has 2 aromatic carbocycles. The van der Waals surface area contributed by atoms with Gasteiger partial charge in [-0.15, -0.1) is 0 Å². The third-order valence-corrected chi connectivity index (χ3v) is 3.84. The fourth-order valence-electron chi connectivity index (χ4n) is 2.51. The van der Waals surface area contributed by atoms with E-state index in [0.29, 0.717) is 11.5 Å². The molecule has 1 aromatic heterocycles. The van der Waals surface area contributed by atoms with Gasteiger partial charge in [-0.1, -0.05) is 35.5 Å². The Bertz CT molecular complexity index is 1040. The number of non-ortho nitro benzene ring substituents is 1. The SMILES string of the molecule is CCOC(=O)c1cc(C(=O)OCc2cc(-c3ccccc3)on2)cc([N+](=O)[O-])c1. The number of esters is 2. The van der Waals surface area contributed by atoms with Crippen LogP contribution in [0.25, 0.3) is 11.3 Å². The second kappa shape index (κ2) is 8.79. The quantitative estimate of drug-likeness (QED) is 0.336. The number of hydrogen-bond acceptors (Lipinski definition) is 8. The van der Waals surface area contributed by atoms with E-state index < -0.39 is 22.5 Å². The van der Waals surface area contributed by atoms with Crippen molar-refractivity contribution in [3.05, 3.63) is 81.5 Å². The van der Waals surface area contributed by atoms with Crippen molar-refractivity contribution in [1.29, 1.82) is 0 Å². The molecule has 0 fully saturated rings. The minimum atomic E-state index is -0.844. The Morgan fingerprint density at radius 1 is 1.03 bits per heavy atom. The first-order valence-corrected chi connectivity index (χ1v) is 8.62. The van der Waals surface area contributed by atoms with Crippen LogP contribution in [0, 0.1) is 10.1 Å². The fourth-order valence-corrected chi connectivity index (χ4v) is 2.51. The maximum absolute atomic E-state index is 12.3. The molecule has 0 spiro atoms. The van der Waals surface area contributed by atoms with Crippen molar-refractivity contribution in [2.75, 3.05) is 6.61 Å². The van der Waals surface area contributed by atoms with Gasteiger partial charge in [-0.3, -0.25) is 10.1 Å². The lowest BCUT2D eigenvalue weighted by Crippen LogP contribution is -2.10. The third-order valence-electron chi connectivity index (χ3n) is 3.84. The van der Waals surface area contributed by atoms with Crippen LogP contribution in [0.5, 0.6) is 0 Å². The number of carbonyl (C=O) groups is 2. The predicted octanol–water partition coefficient (Wildman–Crippen LogP) is 3.78. The van der Waals surface area contributed by atoms with Crippen molar-refractivity contribution in [2.45, 2.75) is 13.5 Å². The van der Waals surface area contributed by atoms with Gasteiger partial charge >= 0.3 is 11.9 Å². The maximum Gasteiger partial charge on any atom is 0.338 e. The first kappa shape index (κ1) is 19.7. The average Bonchev–Trinajstić information content (AvgIpc) is 3.21. The van der Waals surface area contributed by atoms with Crippen molar-refractivity contribution in [3.8, 4) is 11.3 Å². The van der Waals surface area contributed by atoms with E-state index in [-0.39, 0.29) is 24.3 Å². The number of nitro benzene ring substituents is 1. The molecule has 29 heavy (non-hydrogen) atoms. The van der Waals surface area contributed by atoms with Crippen LogP contribution in [-0.2, 0) is 16.1 Å². The normalized spacial score (nSPS) is 10.4. The summed E-state index contributed by atoms with van der Waals surface area (Å²) in [5.74, 6) is -1.10. The van der Waals surface area contributed by atoms with Gasteiger partial charge in [-0.25, -0.2) is 9.59 Å². The number of hydrogen-bond donors (Lipinski definition) is 0. The maximum atomic E-state index is 12.3. The highest BCUT2D eigenvalue weighted by Gasteiger charge is 2.20. The molecular weight excluding hydrogens is 380 g/mol. The molecule has 1 heterocycles. The standard InChI is InChI=1S/C20H16N2O7/c1-2-27-19(23)14-8-15(10-17(9-14)22(25)26)20(24)28-12-16-11-18(29-21-16)13-6-4-3-5-7-13/h3-11H,2,12H2,1H3. The van der Waals surface area contributed by atoms with Crippen LogP contribution < -0.4 is 0 Å². The zero-order valence-electron chi connectivity index (χ0n) is 15.4. The summed E-state index contributed by atoms with van der Waals surface area (Å²) < 4.78 is 15.2. The van der Waals surface area contributed by atoms with E-state index in [0.717, 1.165) is 17.7 Å². The molecule has 9 heteroatoms. The number of aromatic nitrogens is 1. The van der Waals surface area contributed by atoms with Crippen molar-refractivity contribution in [2.24, 2.45) is 0 Å². The van der Waals surface area contributed by atoms with Crippen LogP contribution >= 0.6 is 0 Å². The third kappa shape index (κ3) is 4.83. The van der Waals surface area contributed by atoms with E-state index in [1.165, 1.54) is 6.07 Å². The summed E-state index contributed by atoms with van der Waals surface area (Å²) in [4.78, 5) is 34.6. The van der Waals surface area contributed by atoms with Crippen molar-refractivity contribution >= 4 is 17.6 Å². The summed E-state index contributed by atoms with van der Waals surface area (Å²) in [6.07, 6.45) is 0. The molecule has 148 valence electrons. The topological polar surface area (TPSA) is 122 Å². The Morgan fingerprint density at radius 2 is 1.69 bits per heavy atom. The Hall–Kier alpha value is -4.01. The molecule has 0 bridgehead atoms. The lowest BCUT2D eigenvalue weighted by atomic mass is 10.1. The number of ether oxygens (including phenoxy) is 2. The molecule has 0 amide bonds. The highest BCUT2D eigenvalue weighted by molar-refractivity contribution is 5.96. The summed E-state index contributed by atoms with van der Waals surface area (Å²) in [6, 6.07) is 14.1. The molecule has 0 unspecified atom stereocenters. The molecular formula is C20H16N2O7. The van der Waals surface area contributed by atoms with E-state index in [1.807, 2.05) is 30.3 Å². The fraction of sp³-hybridized carbons (Fsp3) is 0.150. The number of carbonyl (C=O) groups excluding carboxylic acids is 2. The Kier molecular flexibility index (Phi) is 5.98. The van der Waals surface area contributed by atoms with Crippen LogP contribution in [0.1, 0.15) is 33.3 Å². The zero-order chi connectivity index (χ0) is 20.8. The molecule has 0 saturated heterocycles. The lowest BCUT2D eigenvalue weighted by Gasteiger charge is -2.06. The summed E-state index contributed by atoms with van der Waals surface area (Å²) in [7, 11) is 0. The highest BCUT2D eigenvalue weighted by atomic mass is 16.6. The molecule has 0 atom stereocenters. The predicted molar refractivity (Wildman–Crippen MR) is 100 cm³/mol. The average molecular weight is 396 g/mol. The molecule has 9 nitrogen and oxygen atoms in total. The minimum Gasteiger partial charge on any atom is -0.462 e. The van der Waals surface area contributed by atoms with Crippen molar-refractivity contribution < 1.29 is 28.5 Å². The highest BCUT2D eigenvalue weighted by Crippen LogP contribution is 2.22. The summed E-state index contributed by atoms with van der Waals surface area (Å²) >= 11 is 0. The molecule has 3 rings (SSSR count). The van der Waals surface area contributed by atoms with E-state index in [9.17, 15) is 19.7 Å². The summed E-state index contributed by atoms with van der Waals surface area (Å²) in [5.41, 5.74) is 0.508. The second-order valence-electron chi connectivity index (χ2n) is 5.87. The Labute approximate surface area is 165 Å². The number of nitrogens with zero attached hydrogens (tertiary/aromatic N) is 2. The van der Waals surface area contributed by atoms with Crippen LogP contribution in [0.4, 0.5) is 5.69 Å². The van der Waals surface area contributed by atoms with E-state index in [4.69, 9.17) is 14.0 Å². The molecule has 0 aliphatic carbocycles. The lowest BCUT2D eigenvalue weighted by molar-refractivity contribution is -0.384. The number of rotatable bonds is 7. The second-order valence-corrected chi connectivity index (χ2v) is 5.87. The Balaban J connectivity index is 1.74. The first-order valence-electron chi connectivity index (χ1n) is 8.62. The molecule has 0 saturated carbocycles.